The first kappa shape index (κ1) is 24.0. The van der Waals surface area contributed by atoms with Gasteiger partial charge in [-0.25, -0.2) is 0 Å². The van der Waals surface area contributed by atoms with Crippen molar-refractivity contribution in [2.75, 3.05) is 13.2 Å². The summed E-state index contributed by atoms with van der Waals surface area (Å²) in [5.41, 5.74) is -0.133. The number of benzene rings is 1. The van der Waals surface area contributed by atoms with E-state index >= 15 is 0 Å². The minimum atomic E-state index is -4.33. The monoisotopic (exact) mass is 397 g/mol. The van der Waals surface area contributed by atoms with Gasteiger partial charge in [-0.1, -0.05) is 50.6 Å². The number of allylic oxidation sites excluding steroid dienone is 3. The van der Waals surface area contributed by atoms with E-state index in [0.29, 0.717) is 24.6 Å². The van der Waals surface area contributed by atoms with Gasteiger partial charge in [0.2, 0.25) is 5.91 Å². The zero-order valence-corrected chi connectivity index (χ0v) is 16.6. The Bertz CT molecular complexity index is 639. The van der Waals surface area contributed by atoms with Gasteiger partial charge >= 0.3 is 6.18 Å². The molecule has 0 heterocycles. The molecule has 0 aliphatic rings. The predicted molar refractivity (Wildman–Crippen MR) is 106 cm³/mol. The minimum absolute atomic E-state index is 0.0899. The Hall–Kier alpha value is -2.08. The molecule has 0 radical (unpaired) electrons. The Morgan fingerprint density at radius 3 is 2.75 bits per heavy atom. The third-order valence-corrected chi connectivity index (χ3v) is 4.25. The van der Waals surface area contributed by atoms with E-state index in [9.17, 15) is 18.0 Å². The van der Waals surface area contributed by atoms with Crippen molar-refractivity contribution < 1.29 is 22.7 Å². The summed E-state index contributed by atoms with van der Waals surface area (Å²) in [4.78, 5) is 11.6. The molecule has 28 heavy (non-hydrogen) atoms. The van der Waals surface area contributed by atoms with Crippen LogP contribution in [0.4, 0.5) is 13.2 Å². The van der Waals surface area contributed by atoms with Crippen molar-refractivity contribution in [2.45, 2.75) is 52.3 Å². The van der Waals surface area contributed by atoms with E-state index in [2.05, 4.69) is 19.2 Å². The summed E-state index contributed by atoms with van der Waals surface area (Å²) in [6, 6.07) is 5.20. The van der Waals surface area contributed by atoms with E-state index < -0.39 is 11.7 Å². The largest absolute Gasteiger partial charge is 0.416 e. The minimum Gasteiger partial charge on any atom is -0.377 e. The van der Waals surface area contributed by atoms with Crippen LogP contribution in [0.3, 0.4) is 0 Å². The van der Waals surface area contributed by atoms with Crippen molar-refractivity contribution in [3.63, 3.8) is 0 Å². The molecule has 0 aromatic heterocycles. The lowest BCUT2D eigenvalue weighted by molar-refractivity contribution is -0.137. The molecule has 6 heteroatoms. The zero-order valence-electron chi connectivity index (χ0n) is 16.6. The molecular weight excluding hydrogens is 367 g/mol. The number of nitrogens with one attached hydrogen (secondary N) is 1. The number of hydrogen-bond donors (Lipinski definition) is 1. The molecule has 1 aromatic carbocycles. The van der Waals surface area contributed by atoms with Gasteiger partial charge in [0, 0.05) is 19.2 Å². The van der Waals surface area contributed by atoms with Crippen LogP contribution in [0.25, 0.3) is 0 Å². The number of amides is 1. The maximum absolute atomic E-state index is 12.6. The molecule has 0 aliphatic heterocycles. The van der Waals surface area contributed by atoms with E-state index in [1.54, 1.807) is 12.1 Å². The average molecular weight is 397 g/mol. The third-order valence-electron chi connectivity index (χ3n) is 4.25. The van der Waals surface area contributed by atoms with E-state index in [0.717, 1.165) is 37.8 Å². The van der Waals surface area contributed by atoms with Gasteiger partial charge in [-0.3, -0.25) is 4.79 Å². The summed E-state index contributed by atoms with van der Waals surface area (Å²) in [6.07, 6.45) is 6.34. The number of hydrogen-bond acceptors (Lipinski definition) is 2. The van der Waals surface area contributed by atoms with E-state index in [4.69, 9.17) is 4.74 Å². The van der Waals surface area contributed by atoms with Gasteiger partial charge in [-0.15, -0.1) is 0 Å². The first-order valence-electron chi connectivity index (χ1n) is 9.67. The van der Waals surface area contributed by atoms with Crippen molar-refractivity contribution in [3.8, 4) is 0 Å². The molecule has 1 aromatic rings. The summed E-state index contributed by atoms with van der Waals surface area (Å²) in [5, 5.41) is 2.85. The quantitative estimate of drug-likeness (QED) is 0.280. The highest BCUT2D eigenvalue weighted by molar-refractivity contribution is 5.87. The Labute approximate surface area is 165 Å². The van der Waals surface area contributed by atoms with E-state index in [1.165, 1.54) is 12.1 Å². The SMILES string of the molecule is CCC(C)CNC(=O)/C=C/C=C/CCCCOCc1cccc(C(F)(F)F)c1. The number of rotatable bonds is 12. The summed E-state index contributed by atoms with van der Waals surface area (Å²) in [6.45, 7) is 5.54. The Morgan fingerprint density at radius 2 is 2.04 bits per heavy atom. The van der Waals surface area contributed by atoms with E-state index in [1.807, 2.05) is 12.2 Å². The van der Waals surface area contributed by atoms with Gasteiger partial charge in [0.25, 0.3) is 0 Å². The fourth-order valence-corrected chi connectivity index (χ4v) is 2.29. The summed E-state index contributed by atoms with van der Waals surface area (Å²) in [5.74, 6) is 0.386. The molecule has 1 amide bonds. The fraction of sp³-hybridized carbons (Fsp3) is 0.500. The molecule has 1 N–H and O–H groups in total. The number of halogens is 3. The van der Waals surface area contributed by atoms with Gasteiger partial charge in [0.05, 0.1) is 12.2 Å². The van der Waals surface area contributed by atoms with Gasteiger partial charge in [-0.2, -0.15) is 13.2 Å². The normalized spacial score (nSPS) is 13.3. The number of alkyl halides is 3. The van der Waals surface area contributed by atoms with Crippen LogP contribution in [0.15, 0.2) is 48.6 Å². The predicted octanol–water partition coefficient (Wildman–Crippen LogP) is 5.67. The molecule has 1 atom stereocenters. The highest BCUT2D eigenvalue weighted by Crippen LogP contribution is 2.29. The Balaban J connectivity index is 2.11. The number of carbonyl (C=O) groups excluding carboxylic acids is 1. The van der Waals surface area contributed by atoms with Crippen LogP contribution in [-0.4, -0.2) is 19.1 Å². The summed E-state index contributed by atoms with van der Waals surface area (Å²) >= 11 is 0. The van der Waals surface area contributed by atoms with Crippen molar-refractivity contribution in [1.29, 1.82) is 0 Å². The molecule has 0 saturated carbocycles. The average Bonchev–Trinajstić information content (AvgIpc) is 2.67. The van der Waals surface area contributed by atoms with Crippen LogP contribution in [0.2, 0.25) is 0 Å². The zero-order chi connectivity index (χ0) is 20.8. The summed E-state index contributed by atoms with van der Waals surface area (Å²) in [7, 11) is 0. The molecule has 1 rings (SSSR count). The first-order chi connectivity index (χ1) is 13.3. The molecule has 156 valence electrons. The van der Waals surface area contributed by atoms with Gasteiger partial charge in [0.1, 0.15) is 0 Å². The third kappa shape index (κ3) is 10.9. The standard InChI is InChI=1S/C22H30F3NO2/c1-3-18(2)16-26-21(27)13-8-6-4-5-7-9-14-28-17-19-11-10-12-20(15-19)22(23,24)25/h4,6,8,10-13,15,18H,3,5,7,9,14,16-17H2,1-2H3,(H,26,27)/b6-4+,13-8+. The highest BCUT2D eigenvalue weighted by atomic mass is 19.4. The Morgan fingerprint density at radius 1 is 1.25 bits per heavy atom. The van der Waals surface area contributed by atoms with Crippen molar-refractivity contribution in [1.82, 2.24) is 5.32 Å². The highest BCUT2D eigenvalue weighted by Gasteiger charge is 2.30. The number of unbranched alkanes of at least 4 members (excludes halogenated alkanes) is 2. The van der Waals surface area contributed by atoms with Crippen LogP contribution in [0, 0.1) is 5.92 Å². The summed E-state index contributed by atoms with van der Waals surface area (Å²) < 4.78 is 43.4. The molecule has 0 fully saturated rings. The molecule has 1 unspecified atom stereocenters. The Kier molecular flexibility index (Phi) is 11.3. The lowest BCUT2D eigenvalue weighted by atomic mass is 10.1. The maximum Gasteiger partial charge on any atom is 0.416 e. The van der Waals surface area contributed by atoms with Crippen LogP contribution in [0.1, 0.15) is 50.7 Å². The lowest BCUT2D eigenvalue weighted by Gasteiger charge is -2.09. The first-order valence-corrected chi connectivity index (χ1v) is 9.67. The second-order valence-corrected chi connectivity index (χ2v) is 6.79. The van der Waals surface area contributed by atoms with Gasteiger partial charge < -0.3 is 10.1 Å². The van der Waals surface area contributed by atoms with Crippen molar-refractivity contribution in [3.05, 3.63) is 59.7 Å². The second-order valence-electron chi connectivity index (χ2n) is 6.79. The van der Waals surface area contributed by atoms with Crippen LogP contribution >= 0.6 is 0 Å². The topological polar surface area (TPSA) is 38.3 Å². The molecule has 0 bridgehead atoms. The smallest absolute Gasteiger partial charge is 0.377 e. The molecular formula is C22H30F3NO2. The number of ether oxygens (including phenoxy) is 1. The van der Waals surface area contributed by atoms with Crippen LogP contribution < -0.4 is 5.32 Å². The van der Waals surface area contributed by atoms with Crippen molar-refractivity contribution >= 4 is 5.91 Å². The van der Waals surface area contributed by atoms with Gasteiger partial charge in [0.15, 0.2) is 0 Å². The fourth-order valence-electron chi connectivity index (χ4n) is 2.29. The van der Waals surface area contributed by atoms with Crippen molar-refractivity contribution in [2.24, 2.45) is 5.92 Å². The van der Waals surface area contributed by atoms with E-state index in [-0.39, 0.29) is 12.5 Å². The number of carbonyl (C=O) groups is 1. The maximum atomic E-state index is 12.6. The van der Waals surface area contributed by atoms with Gasteiger partial charge in [-0.05, 0) is 42.9 Å². The lowest BCUT2D eigenvalue weighted by Crippen LogP contribution is -2.26. The molecule has 3 nitrogen and oxygen atoms in total. The molecule has 0 spiro atoms. The molecule has 0 saturated heterocycles. The van der Waals surface area contributed by atoms with Crippen LogP contribution in [-0.2, 0) is 22.3 Å². The molecule has 0 aliphatic carbocycles. The second kappa shape index (κ2) is 13.2. The van der Waals surface area contributed by atoms with Crippen LogP contribution in [0.5, 0.6) is 0 Å².